The Hall–Kier alpha value is -1.62. The minimum absolute atomic E-state index is 0.00468. The lowest BCUT2D eigenvalue weighted by Crippen LogP contribution is -2.33. The monoisotopic (exact) mass is 306 g/mol. The molecule has 1 amide bonds. The van der Waals surface area contributed by atoms with Gasteiger partial charge in [0, 0.05) is 22.7 Å². The average molecular weight is 306 g/mol. The van der Waals surface area contributed by atoms with Crippen LogP contribution in [-0.2, 0) is 0 Å². The van der Waals surface area contributed by atoms with Crippen molar-refractivity contribution in [3.63, 3.8) is 0 Å². The van der Waals surface area contributed by atoms with Gasteiger partial charge in [0.1, 0.15) is 10.7 Å². The number of fused-ring (bicyclic) bond motifs is 1. The predicted octanol–water partition coefficient (Wildman–Crippen LogP) is 4.03. The van der Waals surface area contributed by atoms with Crippen LogP contribution in [0.1, 0.15) is 42.3 Å². The van der Waals surface area contributed by atoms with Crippen molar-refractivity contribution < 1.29 is 9.18 Å². The molecule has 2 aromatic rings. The fraction of sp³-hybridized carbons (Fsp3) is 0.438. The highest BCUT2D eigenvalue weighted by Crippen LogP contribution is 2.37. The summed E-state index contributed by atoms with van der Waals surface area (Å²) in [6.45, 7) is 2.90. The molecule has 2 N–H and O–H groups in total. The number of halogens is 1. The number of nitrogens with zero attached hydrogens (tertiary/aromatic N) is 1. The van der Waals surface area contributed by atoms with Gasteiger partial charge in [0.05, 0.1) is 5.69 Å². The molecule has 1 heterocycles. The smallest absolute Gasteiger partial charge is 0.266 e. The van der Waals surface area contributed by atoms with Gasteiger partial charge in [0.25, 0.3) is 5.91 Å². The maximum atomic E-state index is 13.3. The van der Waals surface area contributed by atoms with Crippen molar-refractivity contribution in [2.24, 2.45) is 0 Å². The Morgan fingerprint density at radius 3 is 2.90 bits per heavy atom. The largest absolute Gasteiger partial charge is 0.397 e. The van der Waals surface area contributed by atoms with Crippen molar-refractivity contribution in [1.29, 1.82) is 0 Å². The van der Waals surface area contributed by atoms with E-state index in [9.17, 15) is 9.18 Å². The first-order valence-corrected chi connectivity index (χ1v) is 8.22. The highest BCUT2D eigenvalue weighted by Gasteiger charge is 2.34. The van der Waals surface area contributed by atoms with Crippen LogP contribution < -0.4 is 5.73 Å². The summed E-state index contributed by atoms with van der Waals surface area (Å²) < 4.78 is 14.2. The number of carbonyl (C=O) groups excluding carboxylic acids is 1. The van der Waals surface area contributed by atoms with E-state index in [4.69, 9.17) is 5.73 Å². The first-order valence-electron chi connectivity index (χ1n) is 7.40. The van der Waals surface area contributed by atoms with E-state index in [2.05, 4.69) is 6.92 Å². The number of nitrogen functional groups attached to an aromatic ring is 1. The molecule has 0 aliphatic heterocycles. The molecule has 1 aliphatic rings. The lowest BCUT2D eigenvalue weighted by atomic mass is 10.2. The van der Waals surface area contributed by atoms with E-state index in [1.54, 1.807) is 6.07 Å². The third-order valence-corrected chi connectivity index (χ3v) is 5.06. The van der Waals surface area contributed by atoms with Crippen molar-refractivity contribution in [2.75, 3.05) is 12.3 Å². The molecule has 0 saturated heterocycles. The summed E-state index contributed by atoms with van der Waals surface area (Å²) >= 11 is 1.36. The summed E-state index contributed by atoms with van der Waals surface area (Å²) in [7, 11) is 0. The molecule has 21 heavy (non-hydrogen) atoms. The van der Waals surface area contributed by atoms with Crippen LogP contribution in [0.25, 0.3) is 10.1 Å². The second kappa shape index (κ2) is 5.64. The summed E-state index contributed by atoms with van der Waals surface area (Å²) in [6.07, 6.45) is 4.22. The zero-order chi connectivity index (χ0) is 15.0. The molecule has 0 atom stereocenters. The molecule has 0 unspecified atom stereocenters. The second-order valence-electron chi connectivity index (χ2n) is 5.57. The van der Waals surface area contributed by atoms with Crippen LogP contribution in [0.5, 0.6) is 0 Å². The van der Waals surface area contributed by atoms with Gasteiger partial charge in [-0.2, -0.15) is 0 Å². The van der Waals surface area contributed by atoms with Gasteiger partial charge in [-0.15, -0.1) is 11.3 Å². The number of nitrogens with two attached hydrogens (primary N) is 1. The number of amides is 1. The number of thiophene rings is 1. The minimum atomic E-state index is -0.323. The highest BCUT2D eigenvalue weighted by atomic mass is 32.1. The highest BCUT2D eigenvalue weighted by molar-refractivity contribution is 7.21. The van der Waals surface area contributed by atoms with Crippen LogP contribution in [0.15, 0.2) is 18.2 Å². The van der Waals surface area contributed by atoms with Gasteiger partial charge < -0.3 is 10.6 Å². The Morgan fingerprint density at radius 1 is 1.48 bits per heavy atom. The molecule has 1 aromatic carbocycles. The summed E-state index contributed by atoms with van der Waals surface area (Å²) in [5, 5.41) is 0.648. The SMILES string of the molecule is CCCCN(C(=O)c1sc2ccc(F)cc2c1N)C1CC1. The Balaban J connectivity index is 1.94. The molecule has 3 nitrogen and oxygen atoms in total. The van der Waals surface area contributed by atoms with E-state index in [1.165, 1.54) is 23.5 Å². The van der Waals surface area contributed by atoms with E-state index < -0.39 is 0 Å². The number of rotatable bonds is 5. The first-order chi connectivity index (χ1) is 10.1. The van der Waals surface area contributed by atoms with Crippen LogP contribution in [0.2, 0.25) is 0 Å². The average Bonchev–Trinajstić information content (AvgIpc) is 3.25. The number of hydrogen-bond donors (Lipinski definition) is 1. The first kappa shape index (κ1) is 14.3. The molecule has 0 radical (unpaired) electrons. The van der Waals surface area contributed by atoms with Crippen LogP contribution >= 0.6 is 11.3 Å². The van der Waals surface area contributed by atoms with E-state index >= 15 is 0 Å². The van der Waals surface area contributed by atoms with Crippen molar-refractivity contribution in [1.82, 2.24) is 4.90 Å². The zero-order valence-corrected chi connectivity index (χ0v) is 12.9. The molecule has 3 rings (SSSR count). The molecule has 1 aliphatic carbocycles. The van der Waals surface area contributed by atoms with Gasteiger partial charge in [0.2, 0.25) is 0 Å². The van der Waals surface area contributed by atoms with E-state index in [-0.39, 0.29) is 11.7 Å². The Morgan fingerprint density at radius 2 is 2.24 bits per heavy atom. The number of anilines is 1. The molecule has 1 fully saturated rings. The quantitative estimate of drug-likeness (QED) is 0.906. The summed E-state index contributed by atoms with van der Waals surface area (Å²) in [4.78, 5) is 15.3. The second-order valence-corrected chi connectivity index (χ2v) is 6.62. The predicted molar refractivity (Wildman–Crippen MR) is 85.2 cm³/mol. The van der Waals surface area contributed by atoms with Crippen LogP contribution in [0.4, 0.5) is 10.1 Å². The Bertz CT molecular complexity index is 678. The fourth-order valence-electron chi connectivity index (χ4n) is 2.54. The van der Waals surface area contributed by atoms with Gasteiger partial charge >= 0.3 is 0 Å². The van der Waals surface area contributed by atoms with Gasteiger partial charge in [-0.3, -0.25) is 4.79 Å². The van der Waals surface area contributed by atoms with Gasteiger partial charge in [0.15, 0.2) is 0 Å². The van der Waals surface area contributed by atoms with Crippen molar-refractivity contribution in [3.8, 4) is 0 Å². The Kier molecular flexibility index (Phi) is 3.85. The molecule has 1 aromatic heterocycles. The molecule has 1 saturated carbocycles. The van der Waals surface area contributed by atoms with Crippen LogP contribution in [-0.4, -0.2) is 23.4 Å². The van der Waals surface area contributed by atoms with Gasteiger partial charge in [-0.1, -0.05) is 13.3 Å². The normalized spacial score (nSPS) is 14.6. The summed E-state index contributed by atoms with van der Waals surface area (Å²) in [5.74, 6) is -0.318. The minimum Gasteiger partial charge on any atom is -0.397 e. The molecule has 0 spiro atoms. The van der Waals surface area contributed by atoms with E-state index in [0.29, 0.717) is 22.0 Å². The van der Waals surface area contributed by atoms with Crippen molar-refractivity contribution >= 4 is 33.0 Å². The number of carbonyl (C=O) groups is 1. The number of benzene rings is 1. The van der Waals surface area contributed by atoms with Gasteiger partial charge in [-0.25, -0.2) is 4.39 Å². The maximum Gasteiger partial charge on any atom is 0.266 e. The third kappa shape index (κ3) is 2.75. The van der Waals surface area contributed by atoms with Crippen molar-refractivity contribution in [2.45, 2.75) is 38.6 Å². The third-order valence-electron chi connectivity index (χ3n) is 3.88. The summed E-state index contributed by atoms with van der Waals surface area (Å²) in [6, 6.07) is 4.87. The Labute approximate surface area is 127 Å². The van der Waals surface area contributed by atoms with Crippen LogP contribution in [0.3, 0.4) is 0 Å². The topological polar surface area (TPSA) is 46.3 Å². The van der Waals surface area contributed by atoms with Gasteiger partial charge in [-0.05, 0) is 37.5 Å². The standard InChI is InChI=1S/C16H19FN2OS/c1-2-3-8-19(11-5-6-11)16(20)15-14(18)12-9-10(17)4-7-13(12)21-15/h4,7,9,11H,2-3,5-6,8,18H2,1H3. The van der Waals surface area contributed by atoms with Crippen molar-refractivity contribution in [3.05, 3.63) is 28.9 Å². The molecular weight excluding hydrogens is 287 g/mol. The number of unbranched alkanes of at least 4 members (excludes halogenated alkanes) is 1. The lowest BCUT2D eigenvalue weighted by molar-refractivity contribution is 0.0746. The molecule has 5 heteroatoms. The molecular formula is C16H19FN2OS. The van der Waals surface area contributed by atoms with Crippen LogP contribution in [0, 0.1) is 5.82 Å². The van der Waals surface area contributed by atoms with E-state index in [1.807, 2.05) is 4.90 Å². The summed E-state index contributed by atoms with van der Waals surface area (Å²) in [5.41, 5.74) is 6.51. The van der Waals surface area contributed by atoms with E-state index in [0.717, 1.165) is 36.9 Å². The number of hydrogen-bond acceptors (Lipinski definition) is 3. The zero-order valence-electron chi connectivity index (χ0n) is 12.1. The molecule has 0 bridgehead atoms. The lowest BCUT2D eigenvalue weighted by Gasteiger charge is -2.21. The molecule has 112 valence electrons. The fourth-order valence-corrected chi connectivity index (χ4v) is 3.60. The maximum absolute atomic E-state index is 13.3.